The zero-order valence-electron chi connectivity index (χ0n) is 14.8. The maximum absolute atomic E-state index is 12.6. The maximum atomic E-state index is 12.6. The van der Waals surface area contributed by atoms with Crippen molar-refractivity contribution in [2.75, 3.05) is 20.6 Å². The lowest BCUT2D eigenvalue weighted by molar-refractivity contribution is -0.126. The van der Waals surface area contributed by atoms with E-state index in [0.717, 1.165) is 42.9 Å². The summed E-state index contributed by atoms with van der Waals surface area (Å²) in [5.41, 5.74) is 2.85. The van der Waals surface area contributed by atoms with Gasteiger partial charge in [-0.1, -0.05) is 30.3 Å². The fraction of sp³-hybridized carbons (Fsp3) is 0.350. The van der Waals surface area contributed by atoms with Crippen LogP contribution in [0.25, 0.3) is 6.08 Å². The lowest BCUT2D eigenvalue weighted by Crippen LogP contribution is -2.29. The molecule has 1 fully saturated rings. The Bertz CT molecular complexity index is 742. The molecule has 3 rings (SSSR count). The predicted octanol–water partition coefficient (Wildman–Crippen LogP) is 2.92. The molecule has 0 bridgehead atoms. The highest BCUT2D eigenvalue weighted by Crippen LogP contribution is 2.30. The van der Waals surface area contributed by atoms with Crippen LogP contribution < -0.4 is 0 Å². The van der Waals surface area contributed by atoms with Gasteiger partial charge in [0, 0.05) is 25.4 Å². The van der Waals surface area contributed by atoms with Crippen LogP contribution in [-0.2, 0) is 11.3 Å². The summed E-state index contributed by atoms with van der Waals surface area (Å²) in [7, 11) is 4.02. The van der Waals surface area contributed by atoms with E-state index in [2.05, 4.69) is 9.88 Å². The van der Waals surface area contributed by atoms with Crippen LogP contribution in [0.4, 0.5) is 0 Å². The van der Waals surface area contributed by atoms with Crippen LogP contribution in [0.2, 0.25) is 0 Å². The Kier molecular flexibility index (Phi) is 5.56. The lowest BCUT2D eigenvalue weighted by Gasteiger charge is -2.23. The van der Waals surface area contributed by atoms with Gasteiger partial charge >= 0.3 is 0 Å². The van der Waals surface area contributed by atoms with E-state index < -0.39 is 0 Å². The van der Waals surface area contributed by atoms with E-state index in [1.165, 1.54) is 0 Å². The summed E-state index contributed by atoms with van der Waals surface area (Å²) < 4.78 is 0. The van der Waals surface area contributed by atoms with Gasteiger partial charge in [0.05, 0.1) is 23.6 Å². The van der Waals surface area contributed by atoms with Gasteiger partial charge in [-0.05, 0) is 38.6 Å². The Hall–Kier alpha value is -2.53. The molecule has 130 valence electrons. The minimum absolute atomic E-state index is 0.0162. The standard InChI is InChI=1S/C20H24N4O/c1-23(2)15-17-13-21-14-18(22-17)19-9-6-12-24(19)20(25)11-10-16-7-4-3-5-8-16/h3-5,7-8,10-11,13-14,19H,6,9,12,15H2,1-2H3/b11-10+/t19-/m1/s1. The van der Waals surface area contributed by atoms with Crippen molar-refractivity contribution < 1.29 is 4.79 Å². The molecule has 0 unspecified atom stereocenters. The fourth-order valence-corrected chi connectivity index (χ4v) is 3.15. The highest BCUT2D eigenvalue weighted by atomic mass is 16.2. The molecule has 0 saturated carbocycles. The molecule has 1 atom stereocenters. The first-order chi connectivity index (χ1) is 12.1. The normalized spacial score (nSPS) is 17.6. The van der Waals surface area contributed by atoms with Gasteiger partial charge in [0.1, 0.15) is 0 Å². The monoisotopic (exact) mass is 336 g/mol. The second-order valence-electron chi connectivity index (χ2n) is 6.61. The molecule has 5 nitrogen and oxygen atoms in total. The summed E-state index contributed by atoms with van der Waals surface area (Å²) in [4.78, 5) is 25.7. The average Bonchev–Trinajstić information content (AvgIpc) is 3.10. The molecule has 1 amide bonds. The molecule has 0 radical (unpaired) electrons. The van der Waals surface area contributed by atoms with Gasteiger partial charge in [0.15, 0.2) is 0 Å². The molecule has 2 aromatic rings. The van der Waals surface area contributed by atoms with Crippen LogP contribution in [0, 0.1) is 0 Å². The van der Waals surface area contributed by atoms with Gasteiger partial charge in [-0.2, -0.15) is 0 Å². The second-order valence-corrected chi connectivity index (χ2v) is 6.61. The molecule has 2 heterocycles. The zero-order valence-corrected chi connectivity index (χ0v) is 14.8. The number of carbonyl (C=O) groups is 1. The van der Waals surface area contributed by atoms with Crippen molar-refractivity contribution in [1.82, 2.24) is 19.8 Å². The summed E-state index contributed by atoms with van der Waals surface area (Å²) in [6.07, 6.45) is 9.03. The van der Waals surface area contributed by atoms with Crippen molar-refractivity contribution in [3.63, 3.8) is 0 Å². The van der Waals surface area contributed by atoms with Gasteiger partial charge < -0.3 is 9.80 Å². The minimum atomic E-state index is 0.0162. The van der Waals surface area contributed by atoms with Gasteiger partial charge in [0.25, 0.3) is 0 Å². The first kappa shape index (κ1) is 17.3. The van der Waals surface area contributed by atoms with Crippen LogP contribution in [0.3, 0.4) is 0 Å². The third-order valence-electron chi connectivity index (χ3n) is 4.28. The molecule has 1 aromatic carbocycles. The fourth-order valence-electron chi connectivity index (χ4n) is 3.15. The summed E-state index contributed by atoms with van der Waals surface area (Å²) in [6.45, 7) is 1.51. The Morgan fingerprint density at radius 3 is 2.84 bits per heavy atom. The first-order valence-corrected chi connectivity index (χ1v) is 8.63. The molecule has 0 spiro atoms. The largest absolute Gasteiger partial charge is 0.330 e. The zero-order chi connectivity index (χ0) is 17.6. The average molecular weight is 336 g/mol. The topological polar surface area (TPSA) is 49.3 Å². The number of amides is 1. The highest BCUT2D eigenvalue weighted by Gasteiger charge is 2.30. The van der Waals surface area contributed by atoms with E-state index >= 15 is 0 Å². The number of likely N-dealkylation sites (tertiary alicyclic amines) is 1. The third-order valence-corrected chi connectivity index (χ3v) is 4.28. The molecule has 1 saturated heterocycles. The molecule has 0 aliphatic carbocycles. The summed E-state index contributed by atoms with van der Waals surface area (Å²) in [5, 5.41) is 0. The van der Waals surface area contributed by atoms with E-state index in [1.54, 1.807) is 18.5 Å². The van der Waals surface area contributed by atoms with Crippen molar-refractivity contribution in [1.29, 1.82) is 0 Å². The maximum Gasteiger partial charge on any atom is 0.247 e. The van der Waals surface area contributed by atoms with E-state index in [4.69, 9.17) is 4.98 Å². The van der Waals surface area contributed by atoms with Crippen LogP contribution >= 0.6 is 0 Å². The number of carbonyl (C=O) groups excluding carboxylic acids is 1. The first-order valence-electron chi connectivity index (χ1n) is 8.63. The summed E-state index contributed by atoms with van der Waals surface area (Å²) >= 11 is 0. The van der Waals surface area contributed by atoms with Crippen molar-refractivity contribution in [2.45, 2.75) is 25.4 Å². The van der Waals surface area contributed by atoms with E-state index in [9.17, 15) is 4.79 Å². The van der Waals surface area contributed by atoms with E-state index in [-0.39, 0.29) is 11.9 Å². The number of hydrogen-bond donors (Lipinski definition) is 0. The molecule has 5 heteroatoms. The highest BCUT2D eigenvalue weighted by molar-refractivity contribution is 5.92. The molecular formula is C20H24N4O. The molecule has 0 N–H and O–H groups in total. The Morgan fingerprint density at radius 1 is 1.28 bits per heavy atom. The summed E-state index contributed by atoms with van der Waals surface area (Å²) in [6, 6.07) is 9.89. The number of aromatic nitrogens is 2. The Balaban J connectivity index is 1.74. The molecule has 25 heavy (non-hydrogen) atoms. The number of rotatable bonds is 5. The van der Waals surface area contributed by atoms with Crippen molar-refractivity contribution >= 4 is 12.0 Å². The van der Waals surface area contributed by atoms with Crippen LogP contribution in [0.1, 0.15) is 35.8 Å². The Morgan fingerprint density at radius 2 is 2.08 bits per heavy atom. The quantitative estimate of drug-likeness (QED) is 0.788. The lowest BCUT2D eigenvalue weighted by atomic mass is 10.1. The van der Waals surface area contributed by atoms with Crippen LogP contribution in [-0.4, -0.2) is 46.3 Å². The second kappa shape index (κ2) is 8.03. The molecule has 1 aliphatic rings. The van der Waals surface area contributed by atoms with Gasteiger partial charge in [-0.25, -0.2) is 0 Å². The van der Waals surface area contributed by atoms with Crippen molar-refractivity contribution in [3.05, 3.63) is 65.8 Å². The SMILES string of the molecule is CN(C)Cc1cncc([C@H]2CCCN2C(=O)/C=C/c2ccccc2)n1. The van der Waals surface area contributed by atoms with Gasteiger partial charge in [0.2, 0.25) is 5.91 Å². The molecule has 1 aliphatic heterocycles. The summed E-state index contributed by atoms with van der Waals surface area (Å²) in [5.74, 6) is 0.0335. The molecular weight excluding hydrogens is 312 g/mol. The number of nitrogens with zero attached hydrogens (tertiary/aromatic N) is 4. The van der Waals surface area contributed by atoms with E-state index in [1.807, 2.05) is 55.4 Å². The molecule has 1 aromatic heterocycles. The number of benzene rings is 1. The van der Waals surface area contributed by atoms with E-state index in [0.29, 0.717) is 0 Å². The number of hydrogen-bond acceptors (Lipinski definition) is 4. The van der Waals surface area contributed by atoms with Crippen LogP contribution in [0.15, 0.2) is 48.8 Å². The van der Waals surface area contributed by atoms with Crippen molar-refractivity contribution in [2.24, 2.45) is 0 Å². The van der Waals surface area contributed by atoms with Gasteiger partial charge in [-0.15, -0.1) is 0 Å². The van der Waals surface area contributed by atoms with Crippen LogP contribution in [0.5, 0.6) is 0 Å². The minimum Gasteiger partial charge on any atom is -0.330 e. The van der Waals surface area contributed by atoms with Gasteiger partial charge in [-0.3, -0.25) is 14.8 Å². The Labute approximate surface area is 149 Å². The smallest absolute Gasteiger partial charge is 0.247 e. The third kappa shape index (κ3) is 4.51. The van der Waals surface area contributed by atoms with Crippen molar-refractivity contribution in [3.8, 4) is 0 Å². The predicted molar refractivity (Wildman–Crippen MR) is 98.6 cm³/mol.